The Hall–Kier alpha value is -1.88. The largest absolute Gasteiger partial charge is 0.481 e. The molecular weight excluding hydrogens is 292 g/mol. The fraction of sp³-hybridized carbons (Fsp3) is 0.556. The maximum absolute atomic E-state index is 12.4. The van der Waals surface area contributed by atoms with Crippen LogP contribution in [0.1, 0.15) is 37.8 Å². The highest BCUT2D eigenvalue weighted by Gasteiger charge is 2.26. The quantitative estimate of drug-likeness (QED) is 0.846. The van der Waals surface area contributed by atoms with Gasteiger partial charge in [0.15, 0.2) is 0 Å². The van der Waals surface area contributed by atoms with Crippen LogP contribution in [0.3, 0.4) is 0 Å². The summed E-state index contributed by atoms with van der Waals surface area (Å²) in [6, 6.07) is 6.10. The highest BCUT2D eigenvalue weighted by molar-refractivity contribution is 5.94. The van der Waals surface area contributed by atoms with Crippen molar-refractivity contribution in [3.05, 3.63) is 29.3 Å². The summed E-state index contributed by atoms with van der Waals surface area (Å²) < 4.78 is 0. The van der Waals surface area contributed by atoms with E-state index in [9.17, 15) is 9.59 Å². The summed E-state index contributed by atoms with van der Waals surface area (Å²) >= 11 is 0. The SMILES string of the molecule is CCc1cccc(CC)c1NC(=O)CN1CCCC(C(=O)O)C1. The number of carboxylic acids is 1. The van der Waals surface area contributed by atoms with Crippen molar-refractivity contribution < 1.29 is 14.7 Å². The lowest BCUT2D eigenvalue weighted by Crippen LogP contribution is -2.42. The predicted octanol–water partition coefficient (Wildman–Crippen LogP) is 2.55. The van der Waals surface area contributed by atoms with E-state index >= 15 is 0 Å². The van der Waals surface area contributed by atoms with Gasteiger partial charge < -0.3 is 10.4 Å². The summed E-state index contributed by atoms with van der Waals surface area (Å²) in [6.45, 7) is 5.65. The number of benzene rings is 1. The minimum absolute atomic E-state index is 0.0633. The smallest absolute Gasteiger partial charge is 0.307 e. The predicted molar refractivity (Wildman–Crippen MR) is 90.6 cm³/mol. The number of para-hydroxylation sites is 1. The number of rotatable bonds is 6. The highest BCUT2D eigenvalue weighted by Crippen LogP contribution is 2.23. The van der Waals surface area contributed by atoms with Crippen LogP contribution in [0.15, 0.2) is 18.2 Å². The van der Waals surface area contributed by atoms with Gasteiger partial charge in [-0.25, -0.2) is 0 Å². The third-order valence-electron chi connectivity index (χ3n) is 4.49. The van der Waals surface area contributed by atoms with Gasteiger partial charge in [-0.15, -0.1) is 0 Å². The summed E-state index contributed by atoms with van der Waals surface area (Å²) in [7, 11) is 0. The Balaban J connectivity index is 2.01. The van der Waals surface area contributed by atoms with Crippen LogP contribution in [0.2, 0.25) is 0 Å². The number of carboxylic acid groups (broad SMARTS) is 1. The van der Waals surface area contributed by atoms with E-state index in [2.05, 4.69) is 19.2 Å². The molecule has 1 aromatic rings. The number of aryl methyl sites for hydroxylation is 2. The number of carbonyl (C=O) groups is 2. The van der Waals surface area contributed by atoms with E-state index in [-0.39, 0.29) is 18.4 Å². The molecule has 126 valence electrons. The second kappa shape index (κ2) is 8.11. The molecule has 1 amide bonds. The molecule has 1 fully saturated rings. The fourth-order valence-corrected chi connectivity index (χ4v) is 3.19. The molecule has 1 unspecified atom stereocenters. The third kappa shape index (κ3) is 4.55. The summed E-state index contributed by atoms with van der Waals surface area (Å²) in [4.78, 5) is 25.5. The number of nitrogens with zero attached hydrogens (tertiary/aromatic N) is 1. The van der Waals surface area contributed by atoms with Crippen LogP contribution >= 0.6 is 0 Å². The van der Waals surface area contributed by atoms with Gasteiger partial charge in [0.25, 0.3) is 0 Å². The number of aliphatic carboxylic acids is 1. The van der Waals surface area contributed by atoms with Gasteiger partial charge in [-0.3, -0.25) is 14.5 Å². The highest BCUT2D eigenvalue weighted by atomic mass is 16.4. The molecule has 1 aliphatic heterocycles. The minimum atomic E-state index is -0.764. The van der Waals surface area contributed by atoms with Crippen molar-refractivity contribution in [1.29, 1.82) is 0 Å². The van der Waals surface area contributed by atoms with Crippen molar-refractivity contribution >= 4 is 17.6 Å². The molecule has 1 heterocycles. The molecule has 0 aliphatic carbocycles. The molecule has 5 heteroatoms. The standard InChI is InChI=1S/C18H26N2O3/c1-3-13-7-5-8-14(4-2)17(13)19-16(21)12-20-10-6-9-15(11-20)18(22)23/h5,7-8,15H,3-4,6,9-12H2,1-2H3,(H,19,21)(H,22,23). The number of hydrogen-bond donors (Lipinski definition) is 2. The first-order valence-electron chi connectivity index (χ1n) is 8.40. The van der Waals surface area contributed by atoms with Crippen LogP contribution in [0.5, 0.6) is 0 Å². The zero-order valence-electron chi connectivity index (χ0n) is 14.0. The summed E-state index contributed by atoms with van der Waals surface area (Å²) in [5, 5.41) is 12.2. The average molecular weight is 318 g/mol. The lowest BCUT2D eigenvalue weighted by molar-refractivity contribution is -0.144. The molecule has 2 rings (SSSR count). The molecule has 0 radical (unpaired) electrons. The molecule has 1 atom stereocenters. The molecule has 0 spiro atoms. The van der Waals surface area contributed by atoms with Crippen molar-refractivity contribution in [1.82, 2.24) is 4.90 Å². The van der Waals surface area contributed by atoms with Crippen LogP contribution in [0.25, 0.3) is 0 Å². The third-order valence-corrected chi connectivity index (χ3v) is 4.49. The van der Waals surface area contributed by atoms with Gasteiger partial charge in [-0.2, -0.15) is 0 Å². The van der Waals surface area contributed by atoms with Gasteiger partial charge in [0, 0.05) is 12.2 Å². The molecule has 0 saturated carbocycles. The Bertz CT molecular complexity index is 549. The zero-order chi connectivity index (χ0) is 16.8. The second-order valence-electron chi connectivity index (χ2n) is 6.12. The lowest BCUT2D eigenvalue weighted by Gasteiger charge is -2.30. The summed E-state index contributed by atoms with van der Waals surface area (Å²) in [5.74, 6) is -1.18. The molecule has 1 aromatic carbocycles. The first-order valence-corrected chi connectivity index (χ1v) is 8.40. The van der Waals surface area contributed by atoms with E-state index in [1.807, 2.05) is 23.1 Å². The molecule has 23 heavy (non-hydrogen) atoms. The minimum Gasteiger partial charge on any atom is -0.481 e. The molecule has 2 N–H and O–H groups in total. The van der Waals surface area contributed by atoms with Crippen molar-refractivity contribution in [2.24, 2.45) is 5.92 Å². The van der Waals surface area contributed by atoms with Crippen LogP contribution in [0, 0.1) is 5.92 Å². The van der Waals surface area contributed by atoms with Gasteiger partial charge in [-0.05, 0) is 43.4 Å². The monoisotopic (exact) mass is 318 g/mol. The number of carbonyl (C=O) groups excluding carboxylic acids is 1. The molecule has 1 saturated heterocycles. The number of hydrogen-bond acceptors (Lipinski definition) is 3. The maximum atomic E-state index is 12.4. The zero-order valence-corrected chi connectivity index (χ0v) is 14.0. The molecule has 5 nitrogen and oxygen atoms in total. The number of amides is 1. The Morgan fingerprint density at radius 2 is 1.91 bits per heavy atom. The first kappa shape index (κ1) is 17.5. The Morgan fingerprint density at radius 1 is 1.26 bits per heavy atom. The number of anilines is 1. The number of nitrogens with one attached hydrogen (secondary N) is 1. The van der Waals surface area contributed by atoms with Gasteiger partial charge in [0.1, 0.15) is 0 Å². The normalized spacial score (nSPS) is 18.6. The molecular formula is C18H26N2O3. The van der Waals surface area contributed by atoms with E-state index in [4.69, 9.17) is 5.11 Å². The molecule has 0 aromatic heterocycles. The first-order chi connectivity index (χ1) is 11.0. The van der Waals surface area contributed by atoms with E-state index in [1.54, 1.807) is 0 Å². The van der Waals surface area contributed by atoms with Gasteiger partial charge in [0.2, 0.25) is 5.91 Å². The number of piperidine rings is 1. The van der Waals surface area contributed by atoms with Crippen molar-refractivity contribution in [2.75, 3.05) is 25.0 Å². The van der Waals surface area contributed by atoms with Crippen molar-refractivity contribution in [3.63, 3.8) is 0 Å². The van der Waals surface area contributed by atoms with Crippen LogP contribution in [-0.4, -0.2) is 41.5 Å². The van der Waals surface area contributed by atoms with Crippen molar-refractivity contribution in [2.45, 2.75) is 39.5 Å². The van der Waals surface area contributed by atoms with E-state index < -0.39 is 5.97 Å². The average Bonchev–Trinajstić information content (AvgIpc) is 2.55. The second-order valence-corrected chi connectivity index (χ2v) is 6.12. The topological polar surface area (TPSA) is 69.6 Å². The summed E-state index contributed by atoms with van der Waals surface area (Å²) in [6.07, 6.45) is 3.27. The molecule has 0 bridgehead atoms. The van der Waals surface area contributed by atoms with E-state index in [1.165, 1.54) is 0 Å². The van der Waals surface area contributed by atoms with Crippen molar-refractivity contribution in [3.8, 4) is 0 Å². The van der Waals surface area contributed by atoms with Gasteiger partial charge in [-0.1, -0.05) is 32.0 Å². The van der Waals surface area contributed by atoms with Crippen LogP contribution in [0.4, 0.5) is 5.69 Å². The Morgan fingerprint density at radius 3 is 2.48 bits per heavy atom. The molecule has 1 aliphatic rings. The van der Waals surface area contributed by atoms with E-state index in [0.717, 1.165) is 42.6 Å². The lowest BCUT2D eigenvalue weighted by atomic mass is 9.98. The Labute approximate surface area is 137 Å². The number of likely N-dealkylation sites (tertiary alicyclic amines) is 1. The fourth-order valence-electron chi connectivity index (χ4n) is 3.19. The van der Waals surface area contributed by atoms with Crippen LogP contribution < -0.4 is 5.32 Å². The maximum Gasteiger partial charge on any atom is 0.307 e. The van der Waals surface area contributed by atoms with E-state index in [0.29, 0.717) is 13.0 Å². The van der Waals surface area contributed by atoms with Crippen LogP contribution in [-0.2, 0) is 22.4 Å². The van der Waals surface area contributed by atoms with Gasteiger partial charge in [0.05, 0.1) is 12.5 Å². The Kier molecular flexibility index (Phi) is 6.16. The summed E-state index contributed by atoms with van der Waals surface area (Å²) in [5.41, 5.74) is 3.20. The van der Waals surface area contributed by atoms with Gasteiger partial charge >= 0.3 is 5.97 Å².